The maximum absolute atomic E-state index is 10.3. The number of aryl methyl sites for hydroxylation is 2. The number of benzene rings is 1. The topological polar surface area (TPSA) is 39.2 Å². The van der Waals surface area contributed by atoms with Crippen LogP contribution >= 0.6 is 0 Å². The monoisotopic (exact) mass is 335 g/mol. The smallest absolute Gasteiger partial charge is 0.122 e. The molecule has 1 saturated heterocycles. The van der Waals surface area contributed by atoms with Gasteiger partial charge in [-0.25, -0.2) is 0 Å². The van der Waals surface area contributed by atoms with Crippen LogP contribution in [0.2, 0.25) is 0 Å². The zero-order valence-electron chi connectivity index (χ0n) is 15.7. The van der Waals surface area contributed by atoms with Crippen LogP contribution in [-0.2, 0) is 0 Å². The van der Waals surface area contributed by atoms with Gasteiger partial charge in [0.2, 0.25) is 0 Å². The lowest BCUT2D eigenvalue weighted by Gasteiger charge is -2.34. The molecule has 5 nitrogen and oxygen atoms in total. The molecular formula is C19H33N3O2. The van der Waals surface area contributed by atoms with E-state index in [0.717, 1.165) is 45.0 Å². The third-order valence-corrected chi connectivity index (χ3v) is 4.66. The van der Waals surface area contributed by atoms with E-state index in [1.165, 1.54) is 11.1 Å². The summed E-state index contributed by atoms with van der Waals surface area (Å²) in [6.07, 6.45) is -0.306. The number of hydrogen-bond acceptors (Lipinski definition) is 5. The van der Waals surface area contributed by atoms with Gasteiger partial charge in [-0.1, -0.05) is 12.1 Å². The van der Waals surface area contributed by atoms with Gasteiger partial charge in [0.1, 0.15) is 12.4 Å². The normalized spacial score (nSPS) is 18.1. The number of aliphatic hydroxyl groups excluding tert-OH is 1. The number of β-amino-alcohol motifs (C(OH)–C–C–N with tert-alkyl or cyclic N) is 1. The molecule has 1 unspecified atom stereocenters. The summed E-state index contributed by atoms with van der Waals surface area (Å²) in [6, 6.07) is 6.27. The van der Waals surface area contributed by atoms with Crippen molar-refractivity contribution in [2.75, 3.05) is 66.5 Å². The van der Waals surface area contributed by atoms with Gasteiger partial charge in [-0.3, -0.25) is 4.90 Å². The lowest BCUT2D eigenvalue weighted by molar-refractivity contribution is 0.0582. The Labute approximate surface area is 146 Å². The fraction of sp³-hybridized carbons (Fsp3) is 0.684. The lowest BCUT2D eigenvalue weighted by atomic mass is 10.1. The summed E-state index contributed by atoms with van der Waals surface area (Å²) in [5.74, 6) is 0.960. The minimum Gasteiger partial charge on any atom is -0.492 e. The molecule has 1 aromatic carbocycles. The van der Waals surface area contributed by atoms with Gasteiger partial charge in [0.05, 0.1) is 6.10 Å². The highest BCUT2D eigenvalue weighted by Gasteiger charge is 2.17. The Hall–Kier alpha value is -1.14. The minimum atomic E-state index is -0.306. The van der Waals surface area contributed by atoms with E-state index in [0.29, 0.717) is 13.2 Å². The molecule has 0 radical (unpaired) electrons. The van der Waals surface area contributed by atoms with Crippen LogP contribution in [0, 0.1) is 13.8 Å². The zero-order valence-corrected chi connectivity index (χ0v) is 15.7. The summed E-state index contributed by atoms with van der Waals surface area (Å²) < 4.78 is 5.89. The Morgan fingerprint density at radius 2 is 1.92 bits per heavy atom. The zero-order chi connectivity index (χ0) is 17.5. The molecule has 5 heteroatoms. The number of rotatable bonds is 8. The minimum absolute atomic E-state index is 0.306. The van der Waals surface area contributed by atoms with Crippen molar-refractivity contribution < 1.29 is 9.84 Å². The second-order valence-corrected chi connectivity index (χ2v) is 7.14. The highest BCUT2D eigenvalue weighted by molar-refractivity contribution is 5.35. The van der Waals surface area contributed by atoms with E-state index in [9.17, 15) is 5.11 Å². The number of aliphatic hydroxyl groups is 1. The first-order valence-electron chi connectivity index (χ1n) is 8.91. The van der Waals surface area contributed by atoms with Crippen LogP contribution in [0.1, 0.15) is 11.1 Å². The maximum Gasteiger partial charge on any atom is 0.122 e. The molecule has 0 amide bonds. The Balaban J connectivity index is 1.65. The summed E-state index contributed by atoms with van der Waals surface area (Å²) in [4.78, 5) is 6.83. The molecule has 0 aliphatic carbocycles. The van der Waals surface area contributed by atoms with Crippen molar-refractivity contribution in [1.29, 1.82) is 0 Å². The number of hydrogen-bond donors (Lipinski definition) is 1. The van der Waals surface area contributed by atoms with Crippen LogP contribution in [-0.4, -0.2) is 92.4 Å². The predicted molar refractivity (Wildman–Crippen MR) is 98.9 cm³/mol. The van der Waals surface area contributed by atoms with Gasteiger partial charge in [-0.05, 0) is 45.1 Å². The molecule has 1 atom stereocenters. The lowest BCUT2D eigenvalue weighted by Crippen LogP contribution is -2.48. The average molecular weight is 335 g/mol. The van der Waals surface area contributed by atoms with Gasteiger partial charge in [-0.2, -0.15) is 0 Å². The number of likely N-dealkylation sites (N-methyl/N-ethyl adjacent to an activating group) is 2. The molecule has 1 aliphatic rings. The Kier molecular flexibility index (Phi) is 7.49. The van der Waals surface area contributed by atoms with E-state index in [2.05, 4.69) is 53.8 Å². The van der Waals surface area contributed by atoms with Crippen molar-refractivity contribution in [3.05, 3.63) is 29.3 Å². The molecule has 1 aromatic rings. The molecule has 1 heterocycles. The number of ether oxygens (including phenoxy) is 1. The standard InChI is InChI=1S/C19H33N3O2/c1-16-5-6-17(2)19(13-16)24-12-11-21(4)14-18(23)15-22-9-7-20(3)8-10-22/h5-6,13,18,23H,7-12,14-15H2,1-4H3. The van der Waals surface area contributed by atoms with Crippen LogP contribution in [0.25, 0.3) is 0 Å². The van der Waals surface area contributed by atoms with Crippen molar-refractivity contribution in [1.82, 2.24) is 14.7 Å². The third-order valence-electron chi connectivity index (χ3n) is 4.66. The fourth-order valence-electron chi connectivity index (χ4n) is 3.01. The van der Waals surface area contributed by atoms with Crippen molar-refractivity contribution in [3.8, 4) is 5.75 Å². The Morgan fingerprint density at radius 3 is 2.62 bits per heavy atom. The SMILES string of the molecule is Cc1ccc(C)c(OCCN(C)CC(O)CN2CCN(C)CC2)c1. The second kappa shape index (κ2) is 9.37. The van der Waals surface area contributed by atoms with Gasteiger partial charge in [0, 0.05) is 45.8 Å². The second-order valence-electron chi connectivity index (χ2n) is 7.14. The van der Waals surface area contributed by atoms with Crippen molar-refractivity contribution in [3.63, 3.8) is 0 Å². The predicted octanol–water partition coefficient (Wildman–Crippen LogP) is 1.22. The van der Waals surface area contributed by atoms with Crippen LogP contribution in [0.4, 0.5) is 0 Å². The van der Waals surface area contributed by atoms with Crippen LogP contribution in [0.15, 0.2) is 18.2 Å². The third kappa shape index (κ3) is 6.40. The molecule has 1 aliphatic heterocycles. The number of nitrogens with zero attached hydrogens (tertiary/aromatic N) is 3. The molecule has 2 rings (SSSR count). The van der Waals surface area contributed by atoms with Gasteiger partial charge in [0.15, 0.2) is 0 Å². The van der Waals surface area contributed by atoms with E-state index in [1.54, 1.807) is 0 Å². The molecule has 136 valence electrons. The highest BCUT2D eigenvalue weighted by Crippen LogP contribution is 2.18. The molecule has 1 fully saturated rings. The first kappa shape index (κ1) is 19.2. The largest absolute Gasteiger partial charge is 0.492 e. The van der Waals surface area contributed by atoms with Crippen molar-refractivity contribution >= 4 is 0 Å². The molecule has 0 aromatic heterocycles. The first-order chi connectivity index (χ1) is 11.4. The highest BCUT2D eigenvalue weighted by atomic mass is 16.5. The fourth-order valence-corrected chi connectivity index (χ4v) is 3.01. The summed E-state index contributed by atoms with van der Waals surface area (Å²) in [5.41, 5.74) is 2.38. The quantitative estimate of drug-likeness (QED) is 0.773. The molecule has 0 saturated carbocycles. The van der Waals surface area contributed by atoms with E-state index in [-0.39, 0.29) is 6.10 Å². The number of piperazine rings is 1. The van der Waals surface area contributed by atoms with E-state index >= 15 is 0 Å². The average Bonchev–Trinajstić information content (AvgIpc) is 2.53. The van der Waals surface area contributed by atoms with Crippen LogP contribution in [0.3, 0.4) is 0 Å². The maximum atomic E-state index is 10.3. The van der Waals surface area contributed by atoms with Crippen LogP contribution < -0.4 is 4.74 Å². The molecular weight excluding hydrogens is 302 g/mol. The summed E-state index contributed by atoms with van der Waals surface area (Å²) in [7, 11) is 4.19. The van der Waals surface area contributed by atoms with Gasteiger partial charge < -0.3 is 19.6 Å². The van der Waals surface area contributed by atoms with Crippen molar-refractivity contribution in [2.45, 2.75) is 20.0 Å². The molecule has 0 spiro atoms. The van der Waals surface area contributed by atoms with E-state index in [4.69, 9.17) is 4.74 Å². The summed E-state index contributed by atoms with van der Waals surface area (Å²) in [5, 5.41) is 10.3. The van der Waals surface area contributed by atoms with Crippen LogP contribution in [0.5, 0.6) is 5.75 Å². The van der Waals surface area contributed by atoms with Gasteiger partial charge >= 0.3 is 0 Å². The van der Waals surface area contributed by atoms with Gasteiger partial charge in [0.25, 0.3) is 0 Å². The Morgan fingerprint density at radius 1 is 1.21 bits per heavy atom. The summed E-state index contributed by atoms with van der Waals surface area (Å²) in [6.45, 7) is 11.3. The molecule has 24 heavy (non-hydrogen) atoms. The Bertz CT molecular complexity index is 501. The van der Waals surface area contributed by atoms with E-state index in [1.807, 2.05) is 7.05 Å². The van der Waals surface area contributed by atoms with Crippen molar-refractivity contribution in [2.24, 2.45) is 0 Å². The first-order valence-corrected chi connectivity index (χ1v) is 8.91. The van der Waals surface area contributed by atoms with E-state index < -0.39 is 0 Å². The summed E-state index contributed by atoms with van der Waals surface area (Å²) >= 11 is 0. The molecule has 0 bridgehead atoms. The van der Waals surface area contributed by atoms with Gasteiger partial charge in [-0.15, -0.1) is 0 Å². The molecule has 1 N–H and O–H groups in total.